The molecule has 2 rings (SSSR count). The summed E-state index contributed by atoms with van der Waals surface area (Å²) >= 11 is 4.91. The van der Waals surface area contributed by atoms with Crippen molar-refractivity contribution in [2.24, 2.45) is 0 Å². The summed E-state index contributed by atoms with van der Waals surface area (Å²) in [6.07, 6.45) is 5.34. The van der Waals surface area contributed by atoms with Gasteiger partial charge in [0.05, 0.1) is 5.69 Å². The highest BCUT2D eigenvalue weighted by atomic mass is 35.5. The molecule has 0 aliphatic heterocycles. The molecule has 13 heavy (non-hydrogen) atoms. The number of hydrogen-bond donors (Lipinski definition) is 2. The number of nitrogens with zero attached hydrogens (tertiary/aromatic N) is 1. The summed E-state index contributed by atoms with van der Waals surface area (Å²) in [7, 11) is 0. The lowest BCUT2D eigenvalue weighted by molar-refractivity contribution is 1.26. The van der Waals surface area contributed by atoms with E-state index in [0.29, 0.717) is 4.77 Å². The zero-order chi connectivity index (χ0) is 8.39. The Bertz CT molecular complexity index is 420. The summed E-state index contributed by atoms with van der Waals surface area (Å²) in [5, 5.41) is 0. The molecule has 2 aromatic rings. The van der Waals surface area contributed by atoms with Crippen LogP contribution in [0.25, 0.3) is 11.3 Å². The van der Waals surface area contributed by atoms with Crippen LogP contribution in [0.15, 0.2) is 30.7 Å². The van der Waals surface area contributed by atoms with Gasteiger partial charge in [-0.3, -0.25) is 4.98 Å². The highest BCUT2D eigenvalue weighted by Gasteiger charge is 1.95. The smallest absolute Gasteiger partial charge is 0.174 e. The van der Waals surface area contributed by atoms with Gasteiger partial charge in [0.1, 0.15) is 0 Å². The molecule has 0 aliphatic rings. The fraction of sp³-hybridized carbons (Fsp3) is 0. The maximum Gasteiger partial charge on any atom is 0.174 e. The van der Waals surface area contributed by atoms with Crippen LogP contribution < -0.4 is 0 Å². The number of imidazole rings is 1. The first-order chi connectivity index (χ1) is 5.86. The van der Waals surface area contributed by atoms with E-state index in [9.17, 15) is 0 Å². The van der Waals surface area contributed by atoms with Gasteiger partial charge >= 0.3 is 0 Å². The maximum absolute atomic E-state index is 4.91. The molecule has 0 aliphatic carbocycles. The SMILES string of the molecule is Cl.S=c1[nH]cc(-c2ccncc2)[nH]1. The van der Waals surface area contributed by atoms with Gasteiger partial charge in [0.15, 0.2) is 4.77 Å². The van der Waals surface area contributed by atoms with Crippen LogP contribution in [0.2, 0.25) is 0 Å². The van der Waals surface area contributed by atoms with Crippen LogP contribution >= 0.6 is 24.6 Å². The van der Waals surface area contributed by atoms with E-state index in [1.54, 1.807) is 12.4 Å². The average molecular weight is 214 g/mol. The van der Waals surface area contributed by atoms with Crippen LogP contribution in [0.1, 0.15) is 0 Å². The molecule has 2 aromatic heterocycles. The fourth-order valence-electron chi connectivity index (χ4n) is 1.02. The molecule has 0 aromatic carbocycles. The minimum absolute atomic E-state index is 0. The predicted molar refractivity (Wildman–Crippen MR) is 56.5 cm³/mol. The minimum Gasteiger partial charge on any atom is -0.337 e. The molecule has 68 valence electrons. The van der Waals surface area contributed by atoms with Crippen molar-refractivity contribution in [3.05, 3.63) is 35.5 Å². The van der Waals surface area contributed by atoms with Gasteiger partial charge in [0.25, 0.3) is 0 Å². The molecule has 5 heteroatoms. The van der Waals surface area contributed by atoms with Gasteiger partial charge < -0.3 is 9.97 Å². The van der Waals surface area contributed by atoms with Gasteiger partial charge in [-0.2, -0.15) is 0 Å². The summed E-state index contributed by atoms with van der Waals surface area (Å²) < 4.78 is 0.641. The van der Waals surface area contributed by atoms with Crippen LogP contribution in [0.5, 0.6) is 0 Å². The van der Waals surface area contributed by atoms with Crippen LogP contribution in [-0.2, 0) is 0 Å². The topological polar surface area (TPSA) is 44.5 Å². The number of aromatic amines is 2. The quantitative estimate of drug-likeness (QED) is 0.716. The molecular formula is C8H8ClN3S. The van der Waals surface area contributed by atoms with Gasteiger partial charge in [-0.05, 0) is 24.4 Å². The fourth-order valence-corrected chi connectivity index (χ4v) is 1.19. The molecule has 0 fully saturated rings. The molecule has 2 heterocycles. The molecule has 0 saturated heterocycles. The standard InChI is InChI=1S/C8H7N3S.ClH/c12-8-10-5-7(11-8)6-1-3-9-4-2-6;/h1-5H,(H2,10,11,12);1H. The van der Waals surface area contributed by atoms with Crippen molar-refractivity contribution in [1.29, 1.82) is 0 Å². The summed E-state index contributed by atoms with van der Waals surface area (Å²) in [5.41, 5.74) is 2.07. The third-order valence-electron chi connectivity index (χ3n) is 1.59. The van der Waals surface area contributed by atoms with Crippen molar-refractivity contribution in [1.82, 2.24) is 15.0 Å². The second-order valence-electron chi connectivity index (χ2n) is 2.39. The normalized spacial score (nSPS) is 9.23. The second kappa shape index (κ2) is 4.20. The number of rotatable bonds is 1. The van der Waals surface area contributed by atoms with Gasteiger partial charge in [-0.15, -0.1) is 12.4 Å². The van der Waals surface area contributed by atoms with E-state index in [4.69, 9.17) is 12.2 Å². The van der Waals surface area contributed by atoms with E-state index in [-0.39, 0.29) is 12.4 Å². The Balaban J connectivity index is 0.000000845. The van der Waals surface area contributed by atoms with E-state index in [1.165, 1.54) is 0 Å². The summed E-state index contributed by atoms with van der Waals surface area (Å²) in [4.78, 5) is 9.86. The Morgan fingerprint density at radius 3 is 2.46 bits per heavy atom. The predicted octanol–water partition coefficient (Wildman–Crippen LogP) is 2.56. The molecule has 3 nitrogen and oxygen atoms in total. The van der Waals surface area contributed by atoms with Crippen molar-refractivity contribution in [2.45, 2.75) is 0 Å². The van der Waals surface area contributed by atoms with E-state index >= 15 is 0 Å². The number of H-pyrrole nitrogens is 2. The van der Waals surface area contributed by atoms with Crippen molar-refractivity contribution < 1.29 is 0 Å². The number of hydrogen-bond acceptors (Lipinski definition) is 2. The lowest BCUT2D eigenvalue weighted by Crippen LogP contribution is -1.76. The Morgan fingerprint density at radius 1 is 1.23 bits per heavy atom. The zero-order valence-corrected chi connectivity index (χ0v) is 8.28. The second-order valence-corrected chi connectivity index (χ2v) is 2.80. The van der Waals surface area contributed by atoms with E-state index < -0.39 is 0 Å². The van der Waals surface area contributed by atoms with Crippen LogP contribution in [0.3, 0.4) is 0 Å². The molecule has 0 atom stereocenters. The van der Waals surface area contributed by atoms with Crippen molar-refractivity contribution in [3.8, 4) is 11.3 Å². The summed E-state index contributed by atoms with van der Waals surface area (Å²) in [5.74, 6) is 0. The monoisotopic (exact) mass is 213 g/mol. The first-order valence-electron chi connectivity index (χ1n) is 3.54. The lowest BCUT2D eigenvalue weighted by Gasteiger charge is -1.93. The molecule has 2 N–H and O–H groups in total. The average Bonchev–Trinajstić information content (AvgIpc) is 2.54. The first kappa shape index (κ1) is 9.95. The molecule has 0 amide bonds. The highest BCUT2D eigenvalue weighted by molar-refractivity contribution is 7.71. The summed E-state index contributed by atoms with van der Waals surface area (Å²) in [6.45, 7) is 0. The molecule has 0 unspecified atom stereocenters. The number of nitrogens with one attached hydrogen (secondary N) is 2. The van der Waals surface area contributed by atoms with Gasteiger partial charge in [-0.1, -0.05) is 0 Å². The largest absolute Gasteiger partial charge is 0.337 e. The van der Waals surface area contributed by atoms with Crippen LogP contribution in [-0.4, -0.2) is 15.0 Å². The third kappa shape index (κ3) is 2.17. The van der Waals surface area contributed by atoms with Crippen molar-refractivity contribution in [2.75, 3.05) is 0 Å². The molecule has 0 bridgehead atoms. The molecular weight excluding hydrogens is 206 g/mol. The zero-order valence-electron chi connectivity index (χ0n) is 6.65. The summed E-state index contributed by atoms with van der Waals surface area (Å²) in [6, 6.07) is 3.85. The lowest BCUT2D eigenvalue weighted by atomic mass is 10.2. The Morgan fingerprint density at radius 2 is 1.92 bits per heavy atom. The number of aromatic nitrogens is 3. The number of halogens is 1. The van der Waals surface area contributed by atoms with Crippen LogP contribution in [0.4, 0.5) is 0 Å². The van der Waals surface area contributed by atoms with Crippen molar-refractivity contribution in [3.63, 3.8) is 0 Å². The van der Waals surface area contributed by atoms with Gasteiger partial charge in [-0.25, -0.2) is 0 Å². The van der Waals surface area contributed by atoms with Crippen LogP contribution in [0, 0.1) is 4.77 Å². The van der Waals surface area contributed by atoms with E-state index in [0.717, 1.165) is 11.3 Å². The molecule has 0 spiro atoms. The van der Waals surface area contributed by atoms with E-state index in [2.05, 4.69) is 15.0 Å². The number of pyridine rings is 1. The molecule has 0 radical (unpaired) electrons. The van der Waals surface area contributed by atoms with Gasteiger partial charge in [0.2, 0.25) is 0 Å². The Kier molecular flexibility index (Phi) is 3.22. The first-order valence-corrected chi connectivity index (χ1v) is 3.95. The Labute approximate surface area is 86.6 Å². The third-order valence-corrected chi connectivity index (χ3v) is 1.81. The van der Waals surface area contributed by atoms with Gasteiger partial charge in [0, 0.05) is 24.2 Å². The maximum atomic E-state index is 4.91. The minimum atomic E-state index is 0. The van der Waals surface area contributed by atoms with Crippen molar-refractivity contribution >= 4 is 24.6 Å². The molecule has 0 saturated carbocycles. The highest BCUT2D eigenvalue weighted by Crippen LogP contribution is 2.13. The van der Waals surface area contributed by atoms with E-state index in [1.807, 2.05) is 18.3 Å². The Hall–Kier alpha value is -1.13.